The standard InChI is InChI=1S/C14H16N2O2/c17-13-7-10(8-15-13)16-14(18)12-6-2-4-9-3-1-5-11(9)12/h2,4,6,10H,1,3,5,7-8H2,(H,15,17)(H,16,18). The average molecular weight is 244 g/mol. The van der Waals surface area contributed by atoms with Crippen molar-refractivity contribution in [1.29, 1.82) is 0 Å². The number of carbonyl (C=O) groups is 2. The van der Waals surface area contributed by atoms with Crippen LogP contribution in [0.3, 0.4) is 0 Å². The van der Waals surface area contributed by atoms with Crippen molar-refractivity contribution in [3.63, 3.8) is 0 Å². The van der Waals surface area contributed by atoms with Crippen molar-refractivity contribution in [2.75, 3.05) is 6.54 Å². The molecule has 1 aliphatic heterocycles. The molecule has 0 saturated carbocycles. The lowest BCUT2D eigenvalue weighted by Crippen LogP contribution is -2.36. The molecular weight excluding hydrogens is 228 g/mol. The SMILES string of the molecule is O=C1CC(NC(=O)c2cccc3c2CCC3)CN1. The van der Waals surface area contributed by atoms with Crippen LogP contribution in [0.2, 0.25) is 0 Å². The largest absolute Gasteiger partial charge is 0.354 e. The normalized spacial score (nSPS) is 21.6. The van der Waals surface area contributed by atoms with Gasteiger partial charge < -0.3 is 10.6 Å². The average Bonchev–Trinajstić information content (AvgIpc) is 2.97. The topological polar surface area (TPSA) is 58.2 Å². The molecule has 0 radical (unpaired) electrons. The van der Waals surface area contributed by atoms with Gasteiger partial charge in [-0.2, -0.15) is 0 Å². The van der Waals surface area contributed by atoms with E-state index in [4.69, 9.17) is 0 Å². The van der Waals surface area contributed by atoms with Crippen molar-refractivity contribution in [2.45, 2.75) is 31.7 Å². The van der Waals surface area contributed by atoms with Gasteiger partial charge in [0.15, 0.2) is 0 Å². The fourth-order valence-electron chi connectivity index (χ4n) is 2.80. The zero-order chi connectivity index (χ0) is 12.5. The summed E-state index contributed by atoms with van der Waals surface area (Å²) in [7, 11) is 0. The monoisotopic (exact) mass is 244 g/mol. The van der Waals surface area contributed by atoms with Crippen LogP contribution in [0.4, 0.5) is 0 Å². The molecule has 18 heavy (non-hydrogen) atoms. The third kappa shape index (κ3) is 1.98. The molecule has 1 atom stereocenters. The van der Waals surface area contributed by atoms with Crippen LogP contribution in [0, 0.1) is 0 Å². The van der Waals surface area contributed by atoms with Gasteiger partial charge in [-0.1, -0.05) is 12.1 Å². The van der Waals surface area contributed by atoms with Crippen LogP contribution in [0.1, 0.15) is 34.3 Å². The molecule has 0 bridgehead atoms. The molecule has 4 nitrogen and oxygen atoms in total. The van der Waals surface area contributed by atoms with Crippen LogP contribution in [-0.2, 0) is 17.6 Å². The second-order valence-corrected chi connectivity index (χ2v) is 4.98. The van der Waals surface area contributed by atoms with E-state index in [0.29, 0.717) is 13.0 Å². The van der Waals surface area contributed by atoms with Gasteiger partial charge in [-0.15, -0.1) is 0 Å². The number of hydrogen-bond acceptors (Lipinski definition) is 2. The molecule has 3 rings (SSSR count). The van der Waals surface area contributed by atoms with Crippen LogP contribution >= 0.6 is 0 Å². The Hall–Kier alpha value is -1.84. The van der Waals surface area contributed by atoms with Gasteiger partial charge in [0.25, 0.3) is 5.91 Å². The van der Waals surface area contributed by atoms with Crippen molar-refractivity contribution in [2.24, 2.45) is 0 Å². The molecule has 0 aromatic heterocycles. The first kappa shape index (κ1) is 11.3. The third-order valence-electron chi connectivity index (χ3n) is 3.70. The minimum absolute atomic E-state index is 0.0126. The maximum atomic E-state index is 12.2. The number of nitrogens with one attached hydrogen (secondary N) is 2. The number of rotatable bonds is 2. The zero-order valence-electron chi connectivity index (χ0n) is 10.2. The highest BCUT2D eigenvalue weighted by atomic mass is 16.2. The van der Waals surface area contributed by atoms with Gasteiger partial charge in [-0.25, -0.2) is 0 Å². The molecular formula is C14H16N2O2. The Kier molecular flexibility index (Phi) is 2.78. The smallest absolute Gasteiger partial charge is 0.251 e. The first-order valence-electron chi connectivity index (χ1n) is 6.42. The van der Waals surface area contributed by atoms with Gasteiger partial charge in [0.05, 0.1) is 6.04 Å². The first-order valence-corrected chi connectivity index (χ1v) is 6.42. The molecule has 2 aliphatic rings. The van der Waals surface area contributed by atoms with E-state index < -0.39 is 0 Å². The summed E-state index contributed by atoms with van der Waals surface area (Å²) in [5.41, 5.74) is 3.26. The number of amides is 2. The molecule has 1 heterocycles. The van der Waals surface area contributed by atoms with Crippen molar-refractivity contribution >= 4 is 11.8 Å². The van der Waals surface area contributed by atoms with Gasteiger partial charge in [-0.05, 0) is 36.5 Å². The number of fused-ring (bicyclic) bond motifs is 1. The summed E-state index contributed by atoms with van der Waals surface area (Å²) in [6.45, 7) is 0.541. The number of aryl methyl sites for hydroxylation is 1. The Morgan fingerprint density at radius 1 is 1.33 bits per heavy atom. The quantitative estimate of drug-likeness (QED) is 0.808. The lowest BCUT2D eigenvalue weighted by atomic mass is 10.0. The lowest BCUT2D eigenvalue weighted by Gasteiger charge is -2.13. The van der Waals surface area contributed by atoms with E-state index in [2.05, 4.69) is 16.7 Å². The van der Waals surface area contributed by atoms with Gasteiger partial charge in [-0.3, -0.25) is 9.59 Å². The minimum Gasteiger partial charge on any atom is -0.354 e. The molecule has 4 heteroatoms. The highest BCUT2D eigenvalue weighted by Crippen LogP contribution is 2.25. The molecule has 1 saturated heterocycles. The van der Waals surface area contributed by atoms with Crippen LogP contribution < -0.4 is 10.6 Å². The zero-order valence-corrected chi connectivity index (χ0v) is 10.2. The molecule has 1 fully saturated rings. The van der Waals surface area contributed by atoms with E-state index in [0.717, 1.165) is 24.8 Å². The van der Waals surface area contributed by atoms with Gasteiger partial charge in [0.2, 0.25) is 5.91 Å². The summed E-state index contributed by atoms with van der Waals surface area (Å²) in [6, 6.07) is 5.85. The predicted octanol–water partition coefficient (Wildman–Crippen LogP) is 0.794. The van der Waals surface area contributed by atoms with Crippen LogP contribution in [0.15, 0.2) is 18.2 Å². The Labute approximate surface area is 106 Å². The van der Waals surface area contributed by atoms with E-state index in [1.165, 1.54) is 11.1 Å². The summed E-state index contributed by atoms with van der Waals surface area (Å²) in [6.07, 6.45) is 3.57. The molecule has 1 aromatic carbocycles. The van der Waals surface area contributed by atoms with E-state index >= 15 is 0 Å². The number of hydrogen-bond donors (Lipinski definition) is 2. The predicted molar refractivity (Wildman–Crippen MR) is 67.3 cm³/mol. The second kappa shape index (κ2) is 4.44. The Bertz CT molecular complexity index is 511. The Balaban J connectivity index is 1.77. The highest BCUT2D eigenvalue weighted by Gasteiger charge is 2.25. The van der Waals surface area contributed by atoms with Gasteiger partial charge in [0.1, 0.15) is 0 Å². The summed E-state index contributed by atoms with van der Waals surface area (Å²) < 4.78 is 0. The third-order valence-corrected chi connectivity index (χ3v) is 3.70. The van der Waals surface area contributed by atoms with E-state index in [1.807, 2.05) is 12.1 Å². The van der Waals surface area contributed by atoms with E-state index in [1.54, 1.807) is 0 Å². The Morgan fingerprint density at radius 2 is 2.22 bits per heavy atom. The van der Waals surface area contributed by atoms with Crippen molar-refractivity contribution in [1.82, 2.24) is 10.6 Å². The molecule has 2 amide bonds. The fraction of sp³-hybridized carbons (Fsp3) is 0.429. The maximum Gasteiger partial charge on any atom is 0.251 e. The van der Waals surface area contributed by atoms with Gasteiger partial charge >= 0.3 is 0 Å². The molecule has 1 aromatic rings. The summed E-state index contributed by atoms with van der Waals surface area (Å²) >= 11 is 0. The molecule has 0 spiro atoms. The highest BCUT2D eigenvalue weighted by molar-refractivity contribution is 5.97. The summed E-state index contributed by atoms with van der Waals surface area (Å²) in [5, 5.41) is 5.66. The first-order chi connectivity index (χ1) is 8.74. The number of carbonyl (C=O) groups excluding carboxylic acids is 2. The molecule has 1 unspecified atom stereocenters. The molecule has 2 N–H and O–H groups in total. The second-order valence-electron chi connectivity index (χ2n) is 4.98. The van der Waals surface area contributed by atoms with Crippen molar-refractivity contribution < 1.29 is 9.59 Å². The number of benzene rings is 1. The lowest BCUT2D eigenvalue weighted by molar-refractivity contribution is -0.119. The Morgan fingerprint density at radius 3 is 3.00 bits per heavy atom. The fourth-order valence-corrected chi connectivity index (χ4v) is 2.80. The molecule has 1 aliphatic carbocycles. The summed E-state index contributed by atoms with van der Waals surface area (Å²) in [4.78, 5) is 23.3. The summed E-state index contributed by atoms with van der Waals surface area (Å²) in [5.74, 6) is -0.0335. The van der Waals surface area contributed by atoms with Crippen molar-refractivity contribution in [3.05, 3.63) is 34.9 Å². The van der Waals surface area contributed by atoms with Crippen LogP contribution in [0.25, 0.3) is 0 Å². The van der Waals surface area contributed by atoms with E-state index in [9.17, 15) is 9.59 Å². The van der Waals surface area contributed by atoms with Crippen LogP contribution in [0.5, 0.6) is 0 Å². The minimum atomic E-state index is -0.0674. The van der Waals surface area contributed by atoms with Crippen molar-refractivity contribution in [3.8, 4) is 0 Å². The molecule has 94 valence electrons. The van der Waals surface area contributed by atoms with E-state index in [-0.39, 0.29) is 17.9 Å². The van der Waals surface area contributed by atoms with Crippen LogP contribution in [-0.4, -0.2) is 24.4 Å². The van der Waals surface area contributed by atoms with Gasteiger partial charge in [0, 0.05) is 18.5 Å². The maximum absolute atomic E-state index is 12.2.